The normalized spacial score (nSPS) is 13.5. The highest BCUT2D eigenvalue weighted by molar-refractivity contribution is 9.10. The number of amides is 1. The Kier molecular flexibility index (Phi) is 6.14. The molecule has 6 nitrogen and oxygen atoms in total. The van der Waals surface area contributed by atoms with Crippen LogP contribution in [0.5, 0.6) is 5.75 Å². The van der Waals surface area contributed by atoms with Gasteiger partial charge in [-0.25, -0.2) is 0 Å². The molecule has 1 aliphatic rings. The molecule has 1 heterocycles. The Hall–Kier alpha value is -1.80. The molecule has 2 aromatic rings. The molecule has 1 N–H and O–H groups in total. The number of halogens is 1. The van der Waals surface area contributed by atoms with E-state index in [1.807, 2.05) is 28.8 Å². The molecule has 3 rings (SSSR count). The van der Waals surface area contributed by atoms with Crippen molar-refractivity contribution in [3.63, 3.8) is 0 Å². The lowest BCUT2D eigenvalue weighted by Crippen LogP contribution is -2.27. The van der Waals surface area contributed by atoms with Crippen LogP contribution in [0.1, 0.15) is 18.7 Å². The van der Waals surface area contributed by atoms with Crippen molar-refractivity contribution in [2.75, 3.05) is 5.75 Å². The van der Waals surface area contributed by atoms with E-state index < -0.39 is 0 Å². The number of thioether (sulfide) groups is 1. The fourth-order valence-corrected chi connectivity index (χ4v) is 3.19. The van der Waals surface area contributed by atoms with Gasteiger partial charge in [-0.1, -0.05) is 33.8 Å². The van der Waals surface area contributed by atoms with Crippen LogP contribution in [-0.4, -0.2) is 32.5 Å². The highest BCUT2D eigenvalue weighted by Gasteiger charge is 2.23. The van der Waals surface area contributed by atoms with Gasteiger partial charge in [0.2, 0.25) is 5.91 Å². The number of hydrogen-bond donors (Lipinski definition) is 1. The number of nitrogens with zero attached hydrogens (tertiary/aromatic N) is 3. The second-order valence-electron chi connectivity index (χ2n) is 5.67. The fraction of sp³-hybridized carbons (Fsp3) is 0.353. The molecule has 0 aliphatic heterocycles. The molecule has 1 fully saturated rings. The van der Waals surface area contributed by atoms with Gasteiger partial charge in [0.15, 0.2) is 11.0 Å². The molecule has 132 valence electrons. The third kappa shape index (κ3) is 5.34. The zero-order chi connectivity index (χ0) is 17.6. The maximum atomic E-state index is 11.8. The second kappa shape index (κ2) is 8.53. The van der Waals surface area contributed by atoms with E-state index in [9.17, 15) is 4.79 Å². The Balaban J connectivity index is 1.60. The predicted octanol–water partition coefficient (Wildman–Crippen LogP) is 3.18. The molecule has 25 heavy (non-hydrogen) atoms. The number of carbonyl (C=O) groups excluding carboxylic acids is 1. The zero-order valence-electron chi connectivity index (χ0n) is 13.7. The lowest BCUT2D eigenvalue weighted by atomic mass is 10.3. The smallest absolute Gasteiger partial charge is 0.230 e. The Bertz CT molecular complexity index is 744. The summed E-state index contributed by atoms with van der Waals surface area (Å²) in [4.78, 5) is 11.8. The van der Waals surface area contributed by atoms with Crippen molar-refractivity contribution < 1.29 is 9.53 Å². The van der Waals surface area contributed by atoms with Gasteiger partial charge in [0.05, 0.1) is 5.75 Å². The molecule has 0 spiro atoms. The van der Waals surface area contributed by atoms with E-state index in [2.05, 4.69) is 38.0 Å². The van der Waals surface area contributed by atoms with Crippen molar-refractivity contribution in [2.45, 2.75) is 37.2 Å². The minimum absolute atomic E-state index is 0.0355. The minimum Gasteiger partial charge on any atom is -0.486 e. The Morgan fingerprint density at radius 2 is 2.16 bits per heavy atom. The molecule has 1 aromatic carbocycles. The van der Waals surface area contributed by atoms with Crippen LogP contribution in [0.25, 0.3) is 0 Å². The van der Waals surface area contributed by atoms with Crippen molar-refractivity contribution in [1.82, 2.24) is 20.1 Å². The van der Waals surface area contributed by atoms with Gasteiger partial charge >= 0.3 is 0 Å². The van der Waals surface area contributed by atoms with Gasteiger partial charge in [-0.15, -0.1) is 16.8 Å². The number of hydrogen-bond acceptors (Lipinski definition) is 5. The largest absolute Gasteiger partial charge is 0.486 e. The molecule has 0 bridgehead atoms. The average Bonchev–Trinajstić information content (AvgIpc) is 3.33. The molecule has 1 aromatic heterocycles. The van der Waals surface area contributed by atoms with Crippen molar-refractivity contribution >= 4 is 33.6 Å². The van der Waals surface area contributed by atoms with Crippen molar-refractivity contribution in [1.29, 1.82) is 0 Å². The third-order valence-electron chi connectivity index (χ3n) is 3.56. The molecule has 1 saturated carbocycles. The monoisotopic (exact) mass is 422 g/mol. The quantitative estimate of drug-likeness (QED) is 0.496. The number of nitrogens with one attached hydrogen (secondary N) is 1. The van der Waals surface area contributed by atoms with Crippen LogP contribution in [0.3, 0.4) is 0 Å². The number of benzene rings is 1. The summed E-state index contributed by atoms with van der Waals surface area (Å²) < 4.78 is 8.68. The van der Waals surface area contributed by atoms with Crippen molar-refractivity contribution in [2.24, 2.45) is 0 Å². The summed E-state index contributed by atoms with van der Waals surface area (Å²) in [6.45, 7) is 4.65. The number of aromatic nitrogens is 3. The molecular weight excluding hydrogens is 404 g/mol. The average molecular weight is 423 g/mol. The number of allylic oxidation sites excluding steroid dienone is 1. The first-order valence-corrected chi connectivity index (χ1v) is 9.77. The number of carbonyl (C=O) groups is 1. The lowest BCUT2D eigenvalue weighted by molar-refractivity contribution is -0.118. The van der Waals surface area contributed by atoms with Crippen molar-refractivity contribution in [3.05, 3.63) is 47.2 Å². The summed E-state index contributed by atoms with van der Waals surface area (Å²) in [5.41, 5.74) is 0. The van der Waals surface area contributed by atoms with E-state index in [0.717, 1.165) is 23.1 Å². The van der Waals surface area contributed by atoms with E-state index >= 15 is 0 Å². The topological polar surface area (TPSA) is 69.0 Å². The van der Waals surface area contributed by atoms with E-state index in [1.54, 1.807) is 6.08 Å². The molecule has 0 saturated heterocycles. The summed E-state index contributed by atoms with van der Waals surface area (Å²) >= 11 is 4.77. The Morgan fingerprint density at radius 1 is 1.40 bits per heavy atom. The predicted molar refractivity (Wildman–Crippen MR) is 101 cm³/mol. The molecule has 0 unspecified atom stereocenters. The van der Waals surface area contributed by atoms with Gasteiger partial charge in [0, 0.05) is 17.1 Å². The molecule has 1 aliphatic carbocycles. The maximum Gasteiger partial charge on any atom is 0.230 e. The van der Waals surface area contributed by atoms with Crippen molar-refractivity contribution in [3.8, 4) is 5.75 Å². The van der Waals surface area contributed by atoms with Crippen LogP contribution < -0.4 is 10.1 Å². The Labute approximate surface area is 159 Å². The van der Waals surface area contributed by atoms with Crippen LogP contribution >= 0.6 is 27.7 Å². The summed E-state index contributed by atoms with van der Waals surface area (Å²) in [6.07, 6.45) is 3.95. The van der Waals surface area contributed by atoms with E-state index in [4.69, 9.17) is 4.74 Å². The summed E-state index contributed by atoms with van der Waals surface area (Å²) in [5, 5.41) is 12.0. The Morgan fingerprint density at radius 3 is 2.84 bits per heavy atom. The molecular formula is C17H19BrN4O2S. The minimum atomic E-state index is 0.0355. The van der Waals surface area contributed by atoms with Gasteiger partial charge in [-0.05, 0) is 37.1 Å². The summed E-state index contributed by atoms with van der Waals surface area (Å²) in [6, 6.07) is 7.98. The van der Waals surface area contributed by atoms with E-state index in [0.29, 0.717) is 35.9 Å². The fourth-order valence-electron chi connectivity index (χ4n) is 2.15. The number of rotatable bonds is 9. The van der Waals surface area contributed by atoms with Gasteiger partial charge in [0.1, 0.15) is 12.4 Å². The standard InChI is InChI=1S/C17H19BrN4O2S/c1-2-9-22-15(10-24-14-7-3-12(18)4-8-14)20-21-17(22)25-11-16(23)19-13-5-6-13/h2-4,7-8,13H,1,5-6,9-11H2,(H,19,23). The van der Waals surface area contributed by atoms with Gasteiger partial charge in [-0.3, -0.25) is 9.36 Å². The van der Waals surface area contributed by atoms with Crippen LogP contribution in [0.15, 0.2) is 46.5 Å². The highest BCUT2D eigenvalue weighted by atomic mass is 79.9. The van der Waals surface area contributed by atoms with Crippen LogP contribution in [0, 0.1) is 0 Å². The lowest BCUT2D eigenvalue weighted by Gasteiger charge is -2.09. The maximum absolute atomic E-state index is 11.8. The van der Waals surface area contributed by atoms with Crippen LogP contribution in [0.2, 0.25) is 0 Å². The van der Waals surface area contributed by atoms with Crippen LogP contribution in [0.4, 0.5) is 0 Å². The second-order valence-corrected chi connectivity index (χ2v) is 7.53. The van der Waals surface area contributed by atoms with E-state index in [1.165, 1.54) is 11.8 Å². The summed E-state index contributed by atoms with van der Waals surface area (Å²) in [5.74, 6) is 1.83. The molecule has 1 amide bonds. The molecule has 0 radical (unpaired) electrons. The number of ether oxygens (including phenoxy) is 1. The first kappa shape index (κ1) is 18.0. The zero-order valence-corrected chi connectivity index (χ0v) is 16.1. The first-order valence-electron chi connectivity index (χ1n) is 7.99. The SMILES string of the molecule is C=CCn1c(COc2ccc(Br)cc2)nnc1SCC(=O)NC1CC1. The van der Waals surface area contributed by atoms with Gasteiger partial charge < -0.3 is 10.1 Å². The molecule has 0 atom stereocenters. The third-order valence-corrected chi connectivity index (χ3v) is 5.06. The van der Waals surface area contributed by atoms with Gasteiger partial charge in [0.25, 0.3) is 0 Å². The highest BCUT2D eigenvalue weighted by Crippen LogP contribution is 2.22. The van der Waals surface area contributed by atoms with Crippen LogP contribution in [-0.2, 0) is 17.9 Å². The molecule has 8 heteroatoms. The first-order chi connectivity index (χ1) is 12.2. The summed E-state index contributed by atoms with van der Waals surface area (Å²) in [7, 11) is 0. The van der Waals surface area contributed by atoms with Gasteiger partial charge in [-0.2, -0.15) is 0 Å². The van der Waals surface area contributed by atoms with E-state index in [-0.39, 0.29) is 5.91 Å².